The summed E-state index contributed by atoms with van der Waals surface area (Å²) in [4.78, 5) is 0. The first-order valence-corrected chi connectivity index (χ1v) is 17.9. The molecule has 5 saturated carbocycles. The van der Waals surface area contributed by atoms with Gasteiger partial charge >= 0.3 is 0 Å². The van der Waals surface area contributed by atoms with Gasteiger partial charge in [-0.05, 0) is 117 Å². The standard InChI is InChI=1S/C36H60O10/c1-30(2)22(45-29-26(42)25(41)24(40)20(16-37)44-29)9-11-36-17-35(36)13-12-32(5)28(34(7)10-8-23(46-34)31(3,4)43)19(39)15-33(32,6)21(35)14-18(38)27(30)36/h18-29,37-43H,8-17H2,1-7H3/t18-,19-,20+,21+,22-,23-,24+,25-,26+,27+,28-,29-,32+,33-,34+,35-,36+/m0/s1. The van der Waals surface area contributed by atoms with Crippen molar-refractivity contribution in [2.45, 2.75) is 173 Å². The van der Waals surface area contributed by atoms with Gasteiger partial charge in [-0.25, -0.2) is 0 Å². The van der Waals surface area contributed by atoms with E-state index in [1.165, 1.54) is 0 Å². The number of aliphatic hydroxyl groups is 7. The normalized spacial score (nSPS) is 59.3. The van der Waals surface area contributed by atoms with Crippen LogP contribution in [0.15, 0.2) is 0 Å². The van der Waals surface area contributed by atoms with Crippen molar-refractivity contribution in [3.8, 4) is 0 Å². The van der Waals surface area contributed by atoms with Gasteiger partial charge in [0.2, 0.25) is 0 Å². The van der Waals surface area contributed by atoms with Gasteiger partial charge in [0.1, 0.15) is 24.4 Å². The molecule has 46 heavy (non-hydrogen) atoms. The van der Waals surface area contributed by atoms with Crippen LogP contribution < -0.4 is 0 Å². The molecular weight excluding hydrogens is 592 g/mol. The molecule has 0 amide bonds. The molecule has 10 nitrogen and oxygen atoms in total. The van der Waals surface area contributed by atoms with Crippen molar-refractivity contribution in [2.75, 3.05) is 6.61 Å². The Labute approximate surface area is 273 Å². The van der Waals surface area contributed by atoms with E-state index in [9.17, 15) is 35.7 Å². The molecule has 0 radical (unpaired) electrons. The predicted octanol–water partition coefficient (Wildman–Crippen LogP) is 2.26. The van der Waals surface area contributed by atoms with Gasteiger partial charge in [0.25, 0.3) is 0 Å². The highest BCUT2D eigenvalue weighted by molar-refractivity contribution is 5.33. The summed E-state index contributed by atoms with van der Waals surface area (Å²) in [6, 6.07) is 0. The Balaban J connectivity index is 1.15. The van der Waals surface area contributed by atoms with Crippen molar-refractivity contribution in [1.29, 1.82) is 0 Å². The Kier molecular flexibility index (Phi) is 7.65. The van der Waals surface area contributed by atoms with Crippen molar-refractivity contribution in [3.63, 3.8) is 0 Å². The zero-order valence-corrected chi connectivity index (χ0v) is 28.9. The zero-order chi connectivity index (χ0) is 33.6. The van der Waals surface area contributed by atoms with E-state index in [4.69, 9.17) is 14.2 Å². The van der Waals surface area contributed by atoms with Gasteiger partial charge in [0.05, 0.1) is 42.2 Å². The van der Waals surface area contributed by atoms with Crippen LogP contribution in [-0.4, -0.2) is 109 Å². The molecule has 7 N–H and O–H groups in total. The molecule has 10 heteroatoms. The lowest BCUT2D eigenvalue weighted by Gasteiger charge is -2.64. The van der Waals surface area contributed by atoms with Gasteiger partial charge in [0.15, 0.2) is 6.29 Å². The summed E-state index contributed by atoms with van der Waals surface area (Å²) in [6.45, 7) is 14.3. The van der Waals surface area contributed by atoms with Gasteiger partial charge in [-0.3, -0.25) is 0 Å². The lowest BCUT2D eigenvalue weighted by Crippen LogP contribution is -2.64. The van der Waals surface area contributed by atoms with Crippen LogP contribution in [0.5, 0.6) is 0 Å². The summed E-state index contributed by atoms with van der Waals surface area (Å²) >= 11 is 0. The van der Waals surface area contributed by atoms with Crippen LogP contribution in [-0.2, 0) is 14.2 Å². The third kappa shape index (κ3) is 4.24. The van der Waals surface area contributed by atoms with Crippen LogP contribution in [0.25, 0.3) is 0 Å². The molecular formula is C36H60O10. The monoisotopic (exact) mass is 652 g/mol. The molecule has 0 bridgehead atoms. The van der Waals surface area contributed by atoms with E-state index in [0.29, 0.717) is 19.3 Å². The molecule has 2 heterocycles. The van der Waals surface area contributed by atoms with Crippen LogP contribution in [0, 0.1) is 44.8 Å². The van der Waals surface area contributed by atoms with Crippen molar-refractivity contribution in [1.82, 2.24) is 0 Å². The van der Waals surface area contributed by atoms with Gasteiger partial charge in [0, 0.05) is 5.92 Å². The highest BCUT2D eigenvalue weighted by atomic mass is 16.7. The summed E-state index contributed by atoms with van der Waals surface area (Å²) < 4.78 is 18.8. The number of hydrogen-bond donors (Lipinski definition) is 7. The fourth-order valence-corrected chi connectivity index (χ4v) is 13.7. The number of fused-ring (bicyclic) bond motifs is 2. The highest BCUT2D eigenvalue weighted by Gasteiger charge is 2.85. The van der Waals surface area contributed by atoms with Gasteiger partial charge < -0.3 is 50.0 Å². The second-order valence-corrected chi connectivity index (χ2v) is 18.7. The molecule has 7 rings (SSSR count). The minimum absolute atomic E-state index is 0.0295. The molecule has 2 aliphatic heterocycles. The van der Waals surface area contributed by atoms with Crippen LogP contribution in [0.2, 0.25) is 0 Å². The molecule has 2 saturated heterocycles. The van der Waals surface area contributed by atoms with E-state index in [0.717, 1.165) is 38.5 Å². The third-order valence-corrected chi connectivity index (χ3v) is 15.9. The van der Waals surface area contributed by atoms with Crippen molar-refractivity contribution in [2.24, 2.45) is 44.8 Å². The first-order chi connectivity index (χ1) is 21.2. The summed E-state index contributed by atoms with van der Waals surface area (Å²) in [5.41, 5.74) is -2.26. The topological polar surface area (TPSA) is 169 Å². The fraction of sp³-hybridized carbons (Fsp3) is 1.00. The SMILES string of the molecule is CC(C)(O)[C@@H]1CC[C@](C)([C@H]2[C@@H](O)C[C@@]3(C)[C@H]4C[C@H](O)[C@@H]5C(C)(C)[C@@H](O[C@@H]6O[C@H](CO)[C@@H](O)[C@H](O)[C@H]6O)CC[C@@]56C[C@@]46CC[C@]23C)O1. The molecule has 17 atom stereocenters. The molecule has 0 aromatic carbocycles. The molecule has 0 aromatic heterocycles. The summed E-state index contributed by atoms with van der Waals surface area (Å²) in [5.74, 6) is 0.176. The fourth-order valence-electron chi connectivity index (χ4n) is 13.7. The van der Waals surface area contributed by atoms with Gasteiger partial charge in [-0.15, -0.1) is 0 Å². The van der Waals surface area contributed by atoms with Crippen LogP contribution >= 0.6 is 0 Å². The van der Waals surface area contributed by atoms with E-state index in [2.05, 4.69) is 34.6 Å². The molecule has 7 aliphatic rings. The van der Waals surface area contributed by atoms with Crippen molar-refractivity contribution >= 4 is 0 Å². The second kappa shape index (κ2) is 10.3. The highest BCUT2D eigenvalue weighted by Crippen LogP contribution is 2.89. The minimum atomic E-state index is -1.50. The maximum absolute atomic E-state index is 12.2. The molecule has 2 spiro atoms. The van der Waals surface area contributed by atoms with E-state index in [1.807, 2.05) is 13.8 Å². The van der Waals surface area contributed by atoms with Crippen molar-refractivity contribution < 1.29 is 50.0 Å². The smallest absolute Gasteiger partial charge is 0.186 e. The summed E-state index contributed by atoms with van der Waals surface area (Å²) in [5, 5.41) is 75.9. The molecule has 7 fully saturated rings. The molecule has 0 aromatic rings. The first kappa shape index (κ1) is 34.1. The Hall–Kier alpha value is -0.400. The first-order valence-electron chi connectivity index (χ1n) is 17.9. The summed E-state index contributed by atoms with van der Waals surface area (Å²) in [6.07, 6.45) is -0.708. The van der Waals surface area contributed by atoms with Gasteiger partial charge in [-0.2, -0.15) is 0 Å². The number of aliphatic hydroxyl groups excluding tert-OH is 6. The summed E-state index contributed by atoms with van der Waals surface area (Å²) in [7, 11) is 0. The lowest BCUT2D eigenvalue weighted by molar-refractivity contribution is -0.329. The quantitative estimate of drug-likeness (QED) is 0.219. The number of hydrogen-bond acceptors (Lipinski definition) is 10. The number of rotatable bonds is 5. The van der Waals surface area contributed by atoms with Crippen LogP contribution in [0.4, 0.5) is 0 Å². The Bertz CT molecular complexity index is 1200. The Morgan fingerprint density at radius 2 is 1.48 bits per heavy atom. The molecule has 264 valence electrons. The zero-order valence-electron chi connectivity index (χ0n) is 28.9. The average molecular weight is 653 g/mol. The number of ether oxygens (including phenoxy) is 3. The van der Waals surface area contributed by atoms with E-state index >= 15 is 0 Å². The van der Waals surface area contributed by atoms with Crippen molar-refractivity contribution in [3.05, 3.63) is 0 Å². The Morgan fingerprint density at radius 3 is 2.11 bits per heavy atom. The van der Waals surface area contributed by atoms with E-state index < -0.39 is 66.1 Å². The van der Waals surface area contributed by atoms with E-state index in [-0.39, 0.29) is 51.6 Å². The predicted molar refractivity (Wildman–Crippen MR) is 167 cm³/mol. The van der Waals surface area contributed by atoms with Crippen LogP contribution in [0.1, 0.15) is 106 Å². The maximum atomic E-state index is 12.2. The molecule has 0 unspecified atom stereocenters. The maximum Gasteiger partial charge on any atom is 0.186 e. The molecule has 5 aliphatic carbocycles. The van der Waals surface area contributed by atoms with Crippen LogP contribution in [0.3, 0.4) is 0 Å². The minimum Gasteiger partial charge on any atom is -0.394 e. The lowest BCUT2D eigenvalue weighted by atomic mass is 9.41. The second-order valence-electron chi connectivity index (χ2n) is 18.7. The largest absolute Gasteiger partial charge is 0.394 e. The Morgan fingerprint density at radius 1 is 0.783 bits per heavy atom. The average Bonchev–Trinajstić information content (AvgIpc) is 3.31. The van der Waals surface area contributed by atoms with E-state index in [1.54, 1.807) is 0 Å². The third-order valence-electron chi connectivity index (χ3n) is 15.9. The van der Waals surface area contributed by atoms with Gasteiger partial charge in [-0.1, -0.05) is 27.7 Å².